The van der Waals surface area contributed by atoms with Gasteiger partial charge >= 0.3 is 0 Å². The number of nitrogens with zero attached hydrogens (tertiary/aromatic N) is 3. The Kier molecular flexibility index (Phi) is 3.59. The monoisotopic (exact) mass is 293 g/mol. The van der Waals surface area contributed by atoms with Crippen LogP contribution in [0, 0.1) is 0 Å². The third-order valence-electron chi connectivity index (χ3n) is 4.99. The number of pyridine rings is 1. The van der Waals surface area contributed by atoms with Crippen molar-refractivity contribution < 1.29 is 0 Å². The molecule has 22 heavy (non-hydrogen) atoms. The summed E-state index contributed by atoms with van der Waals surface area (Å²) in [5, 5.41) is 0. The second-order valence-corrected chi connectivity index (χ2v) is 6.39. The Bertz CT molecular complexity index is 667. The Labute approximate surface area is 132 Å². The van der Waals surface area contributed by atoms with Crippen LogP contribution >= 0.6 is 0 Å². The van der Waals surface area contributed by atoms with Crippen LogP contribution in [0.4, 0.5) is 5.69 Å². The van der Waals surface area contributed by atoms with Gasteiger partial charge in [0.15, 0.2) is 0 Å². The molecule has 0 saturated carbocycles. The van der Waals surface area contributed by atoms with Crippen LogP contribution in [0.5, 0.6) is 0 Å². The van der Waals surface area contributed by atoms with Gasteiger partial charge in [0.05, 0.1) is 6.04 Å². The molecule has 1 aromatic carbocycles. The molecule has 0 spiro atoms. The van der Waals surface area contributed by atoms with E-state index in [9.17, 15) is 0 Å². The number of benzene rings is 1. The van der Waals surface area contributed by atoms with Crippen LogP contribution in [-0.2, 0) is 6.42 Å². The maximum atomic E-state index is 4.36. The molecule has 0 N–H and O–H groups in total. The molecule has 3 nitrogen and oxygen atoms in total. The van der Waals surface area contributed by atoms with Gasteiger partial charge < -0.3 is 4.90 Å². The van der Waals surface area contributed by atoms with Crippen LogP contribution in [-0.4, -0.2) is 36.1 Å². The summed E-state index contributed by atoms with van der Waals surface area (Å²) in [6.07, 6.45) is 6.21. The zero-order chi connectivity index (χ0) is 14.9. The Balaban J connectivity index is 1.80. The lowest BCUT2D eigenvalue weighted by Crippen LogP contribution is -2.48. The summed E-state index contributed by atoms with van der Waals surface area (Å²) in [7, 11) is 0. The standard InChI is InChI=1S/C19H23N3/c1-2-9-21-10-11-22-18-7-8-20-13-16(18)12-15-5-3-4-6-17(15)19(22)14-21/h3-8,13,19H,2,9-12,14H2,1H3. The van der Waals surface area contributed by atoms with Crippen molar-refractivity contribution in [2.45, 2.75) is 25.8 Å². The molecule has 3 heteroatoms. The van der Waals surface area contributed by atoms with Crippen molar-refractivity contribution in [3.8, 4) is 0 Å². The first-order chi connectivity index (χ1) is 10.9. The number of fused-ring (bicyclic) bond motifs is 5. The van der Waals surface area contributed by atoms with Crippen LogP contribution in [0.3, 0.4) is 0 Å². The average molecular weight is 293 g/mol. The second-order valence-electron chi connectivity index (χ2n) is 6.39. The van der Waals surface area contributed by atoms with Gasteiger partial charge in [-0.3, -0.25) is 9.88 Å². The quantitative estimate of drug-likeness (QED) is 0.847. The highest BCUT2D eigenvalue weighted by Crippen LogP contribution is 2.38. The van der Waals surface area contributed by atoms with Gasteiger partial charge in [-0.25, -0.2) is 0 Å². The van der Waals surface area contributed by atoms with E-state index in [0.717, 1.165) is 26.1 Å². The van der Waals surface area contributed by atoms with Crippen molar-refractivity contribution in [1.82, 2.24) is 9.88 Å². The fraction of sp³-hybridized carbons (Fsp3) is 0.421. The van der Waals surface area contributed by atoms with Crippen molar-refractivity contribution in [3.05, 3.63) is 59.4 Å². The first-order valence-electron chi connectivity index (χ1n) is 8.36. The highest BCUT2D eigenvalue weighted by atomic mass is 15.3. The minimum atomic E-state index is 0.472. The number of rotatable bonds is 2. The smallest absolute Gasteiger partial charge is 0.0672 e. The number of piperazine rings is 1. The number of aromatic nitrogens is 1. The minimum Gasteiger partial charge on any atom is -0.362 e. The lowest BCUT2D eigenvalue weighted by molar-refractivity contribution is 0.224. The fourth-order valence-electron chi connectivity index (χ4n) is 3.97. The summed E-state index contributed by atoms with van der Waals surface area (Å²) in [5.41, 5.74) is 5.70. The van der Waals surface area contributed by atoms with Crippen LogP contribution in [0.25, 0.3) is 0 Å². The molecule has 1 unspecified atom stereocenters. The van der Waals surface area contributed by atoms with E-state index in [4.69, 9.17) is 0 Å². The maximum absolute atomic E-state index is 4.36. The van der Waals surface area contributed by atoms with Crippen LogP contribution in [0.2, 0.25) is 0 Å². The van der Waals surface area contributed by atoms with E-state index in [2.05, 4.69) is 52.0 Å². The molecule has 4 rings (SSSR count). The van der Waals surface area contributed by atoms with Crippen molar-refractivity contribution in [2.75, 3.05) is 31.1 Å². The summed E-state index contributed by atoms with van der Waals surface area (Å²) in [4.78, 5) is 9.58. The molecule has 0 aliphatic carbocycles. The van der Waals surface area contributed by atoms with E-state index < -0.39 is 0 Å². The SMILES string of the molecule is CCCN1CCN2c3ccncc3Cc3ccccc3C2C1. The average Bonchev–Trinajstić information content (AvgIpc) is 2.69. The molecule has 1 aromatic heterocycles. The second kappa shape index (κ2) is 5.73. The Morgan fingerprint density at radius 1 is 1.14 bits per heavy atom. The normalized spacial score (nSPS) is 20.8. The molecule has 2 aliphatic rings. The van der Waals surface area contributed by atoms with Crippen molar-refractivity contribution in [1.29, 1.82) is 0 Å². The molecule has 2 aromatic rings. The minimum absolute atomic E-state index is 0.472. The van der Waals surface area contributed by atoms with E-state index in [1.165, 1.54) is 35.3 Å². The van der Waals surface area contributed by atoms with Crippen molar-refractivity contribution >= 4 is 5.69 Å². The Hall–Kier alpha value is -1.87. The van der Waals surface area contributed by atoms with Gasteiger partial charge in [-0.05, 0) is 35.7 Å². The Morgan fingerprint density at radius 3 is 2.95 bits per heavy atom. The number of anilines is 1. The van der Waals surface area contributed by atoms with Crippen molar-refractivity contribution in [2.24, 2.45) is 0 Å². The molecular weight excluding hydrogens is 270 g/mol. The molecular formula is C19H23N3. The lowest BCUT2D eigenvalue weighted by Gasteiger charge is -2.43. The fourth-order valence-corrected chi connectivity index (χ4v) is 3.97. The molecule has 1 fully saturated rings. The summed E-state index contributed by atoms with van der Waals surface area (Å²) in [6.45, 7) is 6.88. The molecule has 0 radical (unpaired) electrons. The van der Waals surface area contributed by atoms with Gasteiger partial charge in [-0.15, -0.1) is 0 Å². The zero-order valence-corrected chi connectivity index (χ0v) is 13.2. The van der Waals surface area contributed by atoms with Crippen LogP contribution in [0.1, 0.15) is 36.1 Å². The topological polar surface area (TPSA) is 19.4 Å². The first-order valence-corrected chi connectivity index (χ1v) is 8.36. The van der Waals surface area contributed by atoms with Crippen LogP contribution in [0.15, 0.2) is 42.7 Å². The summed E-state index contributed by atoms with van der Waals surface area (Å²) in [6, 6.07) is 11.6. The molecule has 2 aliphatic heterocycles. The summed E-state index contributed by atoms with van der Waals surface area (Å²) >= 11 is 0. The zero-order valence-electron chi connectivity index (χ0n) is 13.2. The first kappa shape index (κ1) is 13.8. The van der Waals surface area contributed by atoms with Crippen molar-refractivity contribution in [3.63, 3.8) is 0 Å². The van der Waals surface area contributed by atoms with E-state index in [1.807, 2.05) is 12.4 Å². The van der Waals surface area contributed by atoms with Gasteiger partial charge in [0, 0.05) is 44.1 Å². The number of hydrogen-bond acceptors (Lipinski definition) is 3. The Morgan fingerprint density at radius 2 is 2.05 bits per heavy atom. The van der Waals surface area contributed by atoms with E-state index in [1.54, 1.807) is 0 Å². The van der Waals surface area contributed by atoms with E-state index in [0.29, 0.717) is 6.04 Å². The molecule has 114 valence electrons. The largest absolute Gasteiger partial charge is 0.362 e. The predicted molar refractivity (Wildman–Crippen MR) is 90.3 cm³/mol. The van der Waals surface area contributed by atoms with E-state index in [-0.39, 0.29) is 0 Å². The van der Waals surface area contributed by atoms with Gasteiger partial charge in [0.1, 0.15) is 0 Å². The van der Waals surface area contributed by atoms with Gasteiger partial charge in [-0.1, -0.05) is 31.2 Å². The maximum Gasteiger partial charge on any atom is 0.0672 e. The molecule has 0 bridgehead atoms. The third-order valence-corrected chi connectivity index (χ3v) is 4.99. The highest BCUT2D eigenvalue weighted by molar-refractivity contribution is 5.59. The highest BCUT2D eigenvalue weighted by Gasteiger charge is 2.32. The van der Waals surface area contributed by atoms with E-state index >= 15 is 0 Å². The third kappa shape index (κ3) is 2.30. The van der Waals surface area contributed by atoms with Crippen LogP contribution < -0.4 is 4.90 Å². The summed E-state index contributed by atoms with van der Waals surface area (Å²) < 4.78 is 0. The number of hydrogen-bond donors (Lipinski definition) is 0. The lowest BCUT2D eigenvalue weighted by atomic mass is 9.96. The van der Waals surface area contributed by atoms with Gasteiger partial charge in [0.2, 0.25) is 0 Å². The van der Waals surface area contributed by atoms with Gasteiger partial charge in [0.25, 0.3) is 0 Å². The summed E-state index contributed by atoms with van der Waals surface area (Å²) in [5.74, 6) is 0. The molecule has 3 heterocycles. The van der Waals surface area contributed by atoms with Gasteiger partial charge in [-0.2, -0.15) is 0 Å². The molecule has 1 saturated heterocycles. The predicted octanol–water partition coefficient (Wildman–Crippen LogP) is 3.26. The molecule has 0 amide bonds. The molecule has 1 atom stereocenters.